The molecule has 1 aliphatic rings. The minimum Gasteiger partial charge on any atom is -0.481 e. The fraction of sp³-hybridized carbons (Fsp3) is 0.800. The number of carbonyl (C=O) groups is 2. The number of aliphatic carboxylic acids is 1. The van der Waals surface area contributed by atoms with Gasteiger partial charge in [-0.05, 0) is 18.8 Å². The first-order valence-corrected chi connectivity index (χ1v) is 5.09. The summed E-state index contributed by atoms with van der Waals surface area (Å²) in [5.41, 5.74) is 0. The van der Waals surface area contributed by atoms with Crippen LogP contribution in [0.25, 0.3) is 0 Å². The van der Waals surface area contributed by atoms with E-state index in [4.69, 9.17) is 5.11 Å². The number of hydrogen-bond acceptors (Lipinski definition) is 2. The Kier molecular flexibility index (Phi) is 3.92. The summed E-state index contributed by atoms with van der Waals surface area (Å²) in [6.45, 7) is 3.71. The molecule has 14 heavy (non-hydrogen) atoms. The van der Waals surface area contributed by atoms with E-state index in [-0.39, 0.29) is 18.7 Å². The Labute approximate surface area is 83.9 Å². The van der Waals surface area contributed by atoms with Crippen molar-refractivity contribution in [1.29, 1.82) is 0 Å². The number of rotatable bonds is 3. The van der Waals surface area contributed by atoms with Crippen LogP contribution in [0.2, 0.25) is 0 Å². The second-order valence-electron chi connectivity index (χ2n) is 3.98. The number of carboxylic acids is 1. The average Bonchev–Trinajstić information content (AvgIpc) is 2.14. The SMILES string of the molecule is CC1CCCN(C(=O)CCC(=O)O)C1. The van der Waals surface area contributed by atoms with Gasteiger partial charge in [0.25, 0.3) is 0 Å². The first-order chi connectivity index (χ1) is 6.59. The molecule has 0 aliphatic carbocycles. The number of nitrogens with zero attached hydrogens (tertiary/aromatic N) is 1. The molecule has 1 heterocycles. The van der Waals surface area contributed by atoms with E-state index in [2.05, 4.69) is 6.92 Å². The van der Waals surface area contributed by atoms with Gasteiger partial charge in [-0.15, -0.1) is 0 Å². The van der Waals surface area contributed by atoms with Crippen molar-refractivity contribution in [3.63, 3.8) is 0 Å². The highest BCUT2D eigenvalue weighted by atomic mass is 16.4. The molecule has 1 aliphatic heterocycles. The van der Waals surface area contributed by atoms with E-state index in [1.165, 1.54) is 6.42 Å². The van der Waals surface area contributed by atoms with Crippen LogP contribution < -0.4 is 0 Å². The highest BCUT2D eigenvalue weighted by molar-refractivity contribution is 5.80. The van der Waals surface area contributed by atoms with Crippen LogP contribution in [0.15, 0.2) is 0 Å². The summed E-state index contributed by atoms with van der Waals surface area (Å²) in [4.78, 5) is 23.6. The van der Waals surface area contributed by atoms with E-state index < -0.39 is 5.97 Å². The third kappa shape index (κ3) is 3.36. The lowest BCUT2D eigenvalue weighted by atomic mass is 10.00. The third-order valence-electron chi connectivity index (χ3n) is 2.56. The van der Waals surface area contributed by atoms with Gasteiger partial charge in [0.1, 0.15) is 0 Å². The summed E-state index contributed by atoms with van der Waals surface area (Å²) in [5.74, 6) is -0.361. The molecule has 1 atom stereocenters. The summed E-state index contributed by atoms with van der Waals surface area (Å²) >= 11 is 0. The molecule has 0 saturated carbocycles. The van der Waals surface area contributed by atoms with Crippen molar-refractivity contribution in [2.24, 2.45) is 5.92 Å². The van der Waals surface area contributed by atoms with Gasteiger partial charge >= 0.3 is 5.97 Å². The van der Waals surface area contributed by atoms with Gasteiger partial charge in [-0.25, -0.2) is 0 Å². The van der Waals surface area contributed by atoms with Crippen LogP contribution in [0.1, 0.15) is 32.6 Å². The molecule has 1 amide bonds. The minimum atomic E-state index is -0.900. The fourth-order valence-corrected chi connectivity index (χ4v) is 1.79. The molecule has 1 N–H and O–H groups in total. The van der Waals surface area contributed by atoms with Crippen molar-refractivity contribution in [3.05, 3.63) is 0 Å². The van der Waals surface area contributed by atoms with E-state index in [0.29, 0.717) is 5.92 Å². The molecule has 1 fully saturated rings. The van der Waals surface area contributed by atoms with Crippen molar-refractivity contribution in [2.75, 3.05) is 13.1 Å². The molecule has 4 nitrogen and oxygen atoms in total. The van der Waals surface area contributed by atoms with Crippen molar-refractivity contribution >= 4 is 11.9 Å². The van der Waals surface area contributed by atoms with Crippen LogP contribution >= 0.6 is 0 Å². The van der Waals surface area contributed by atoms with Crippen molar-refractivity contribution in [1.82, 2.24) is 4.90 Å². The predicted molar refractivity (Wildman–Crippen MR) is 51.8 cm³/mol. The van der Waals surface area contributed by atoms with Crippen LogP contribution in [0.3, 0.4) is 0 Å². The van der Waals surface area contributed by atoms with E-state index >= 15 is 0 Å². The van der Waals surface area contributed by atoms with E-state index in [9.17, 15) is 9.59 Å². The van der Waals surface area contributed by atoms with Gasteiger partial charge in [0.15, 0.2) is 0 Å². The molecule has 4 heteroatoms. The predicted octanol–water partition coefficient (Wildman–Crippen LogP) is 1.11. The number of hydrogen-bond donors (Lipinski definition) is 1. The molecular weight excluding hydrogens is 182 g/mol. The molecule has 0 radical (unpaired) electrons. The smallest absolute Gasteiger partial charge is 0.303 e. The lowest BCUT2D eigenvalue weighted by molar-refractivity contribution is -0.141. The van der Waals surface area contributed by atoms with Crippen LogP contribution in [0.4, 0.5) is 0 Å². The molecule has 0 aromatic heterocycles. The molecule has 0 aromatic rings. The molecule has 1 unspecified atom stereocenters. The number of piperidine rings is 1. The van der Waals surface area contributed by atoms with Gasteiger partial charge in [-0.3, -0.25) is 9.59 Å². The van der Waals surface area contributed by atoms with Crippen molar-refractivity contribution in [2.45, 2.75) is 32.6 Å². The first-order valence-electron chi connectivity index (χ1n) is 5.09. The van der Waals surface area contributed by atoms with Gasteiger partial charge in [-0.2, -0.15) is 0 Å². The maximum Gasteiger partial charge on any atom is 0.303 e. The summed E-state index contributed by atoms with van der Waals surface area (Å²) in [6, 6.07) is 0. The Bertz CT molecular complexity index is 227. The Hall–Kier alpha value is -1.06. The van der Waals surface area contributed by atoms with E-state index in [1.807, 2.05) is 0 Å². The molecule has 1 rings (SSSR count). The summed E-state index contributed by atoms with van der Waals surface area (Å²) in [5, 5.41) is 8.44. The number of amides is 1. The maximum absolute atomic E-state index is 11.5. The van der Waals surface area contributed by atoms with Gasteiger partial charge in [0, 0.05) is 19.5 Å². The minimum absolute atomic E-state index is 0.0149. The van der Waals surface area contributed by atoms with Gasteiger partial charge < -0.3 is 10.0 Å². The molecule has 0 aromatic carbocycles. The molecule has 1 saturated heterocycles. The zero-order chi connectivity index (χ0) is 10.6. The van der Waals surface area contributed by atoms with Gasteiger partial charge in [0.2, 0.25) is 5.91 Å². The maximum atomic E-state index is 11.5. The zero-order valence-corrected chi connectivity index (χ0v) is 8.53. The van der Waals surface area contributed by atoms with Gasteiger partial charge in [-0.1, -0.05) is 6.92 Å². The summed E-state index contributed by atoms with van der Waals surface area (Å²) < 4.78 is 0. The Morgan fingerprint density at radius 3 is 2.71 bits per heavy atom. The molecule has 0 bridgehead atoms. The number of likely N-dealkylation sites (tertiary alicyclic amines) is 1. The molecule has 0 spiro atoms. The van der Waals surface area contributed by atoms with Crippen molar-refractivity contribution in [3.8, 4) is 0 Å². The second-order valence-corrected chi connectivity index (χ2v) is 3.98. The standard InChI is InChI=1S/C10H17NO3/c1-8-3-2-6-11(7-8)9(12)4-5-10(13)14/h8H,2-7H2,1H3,(H,13,14). The first kappa shape index (κ1) is 11.0. The van der Waals surface area contributed by atoms with Gasteiger partial charge in [0.05, 0.1) is 6.42 Å². The topological polar surface area (TPSA) is 57.6 Å². The highest BCUT2D eigenvalue weighted by Gasteiger charge is 2.20. The number of carbonyl (C=O) groups excluding carboxylic acids is 1. The third-order valence-corrected chi connectivity index (χ3v) is 2.56. The van der Waals surface area contributed by atoms with Crippen LogP contribution in [-0.4, -0.2) is 35.0 Å². The second kappa shape index (κ2) is 4.98. The Balaban J connectivity index is 2.32. The summed E-state index contributed by atoms with van der Waals surface area (Å²) in [6.07, 6.45) is 2.30. The monoisotopic (exact) mass is 199 g/mol. The lowest BCUT2D eigenvalue weighted by Gasteiger charge is -2.30. The Morgan fingerprint density at radius 2 is 2.14 bits per heavy atom. The summed E-state index contributed by atoms with van der Waals surface area (Å²) in [7, 11) is 0. The van der Waals surface area contributed by atoms with Crippen molar-refractivity contribution < 1.29 is 14.7 Å². The quantitative estimate of drug-likeness (QED) is 0.740. The fourth-order valence-electron chi connectivity index (χ4n) is 1.79. The molecular formula is C10H17NO3. The highest BCUT2D eigenvalue weighted by Crippen LogP contribution is 2.16. The zero-order valence-electron chi connectivity index (χ0n) is 8.53. The van der Waals surface area contributed by atoms with E-state index in [0.717, 1.165) is 19.5 Å². The average molecular weight is 199 g/mol. The molecule has 80 valence electrons. The Morgan fingerprint density at radius 1 is 1.43 bits per heavy atom. The number of carboxylic acid groups (broad SMARTS) is 1. The van der Waals surface area contributed by atoms with Crippen LogP contribution in [-0.2, 0) is 9.59 Å². The van der Waals surface area contributed by atoms with Crippen LogP contribution in [0.5, 0.6) is 0 Å². The lowest BCUT2D eigenvalue weighted by Crippen LogP contribution is -2.39. The largest absolute Gasteiger partial charge is 0.481 e. The normalized spacial score (nSPS) is 22.1. The van der Waals surface area contributed by atoms with E-state index in [1.54, 1.807) is 4.90 Å². The van der Waals surface area contributed by atoms with Crippen LogP contribution in [0, 0.1) is 5.92 Å².